The van der Waals surface area contributed by atoms with Gasteiger partial charge in [-0.25, -0.2) is 4.79 Å². The quantitative estimate of drug-likeness (QED) is 0.660. The molecule has 1 atom stereocenters. The number of rotatable bonds is 6. The van der Waals surface area contributed by atoms with E-state index in [-0.39, 0.29) is 18.9 Å². The number of carbonyl (C=O) groups is 2. The van der Waals surface area contributed by atoms with Crippen LogP contribution in [-0.2, 0) is 16.0 Å². The van der Waals surface area contributed by atoms with Crippen molar-refractivity contribution >= 4 is 11.9 Å². The first-order valence-electron chi connectivity index (χ1n) is 5.53. The second-order valence-corrected chi connectivity index (χ2v) is 4.21. The molecule has 0 saturated heterocycles. The molecule has 0 aliphatic carbocycles. The first-order chi connectivity index (χ1) is 8.42. The SMILES string of the molecule is CC(O)(CNC(=O)CCc1ccncc1)C(=O)O. The lowest BCUT2D eigenvalue weighted by molar-refractivity contribution is -0.156. The Hall–Kier alpha value is -1.95. The van der Waals surface area contributed by atoms with Crippen molar-refractivity contribution in [3.8, 4) is 0 Å². The fourth-order valence-corrected chi connectivity index (χ4v) is 1.24. The number of carbonyl (C=O) groups excluding carboxylic acids is 1. The van der Waals surface area contributed by atoms with Crippen molar-refractivity contribution in [2.45, 2.75) is 25.4 Å². The highest BCUT2D eigenvalue weighted by molar-refractivity contribution is 5.80. The lowest BCUT2D eigenvalue weighted by Crippen LogP contribution is -2.46. The standard InChI is InChI=1S/C12H16N2O4/c1-12(18,11(16)17)8-14-10(15)3-2-9-4-6-13-7-5-9/h4-7,18H,2-3,8H2,1H3,(H,14,15)(H,16,17). The summed E-state index contributed by atoms with van der Waals surface area (Å²) in [6.07, 6.45) is 4.06. The molecular weight excluding hydrogens is 236 g/mol. The fourth-order valence-electron chi connectivity index (χ4n) is 1.24. The molecule has 0 aliphatic heterocycles. The van der Waals surface area contributed by atoms with Crippen molar-refractivity contribution in [2.24, 2.45) is 0 Å². The first kappa shape index (κ1) is 14.1. The molecule has 1 aromatic heterocycles. The lowest BCUT2D eigenvalue weighted by atomic mass is 10.1. The van der Waals surface area contributed by atoms with Crippen LogP contribution >= 0.6 is 0 Å². The maximum Gasteiger partial charge on any atom is 0.337 e. The molecule has 0 spiro atoms. The zero-order valence-electron chi connectivity index (χ0n) is 10.1. The topological polar surface area (TPSA) is 99.5 Å². The van der Waals surface area contributed by atoms with E-state index in [9.17, 15) is 14.7 Å². The molecule has 98 valence electrons. The first-order valence-corrected chi connectivity index (χ1v) is 5.53. The molecule has 18 heavy (non-hydrogen) atoms. The van der Waals surface area contributed by atoms with Gasteiger partial charge in [0.25, 0.3) is 0 Å². The monoisotopic (exact) mass is 252 g/mol. The number of aliphatic carboxylic acids is 1. The van der Waals surface area contributed by atoms with Crippen LogP contribution < -0.4 is 5.32 Å². The van der Waals surface area contributed by atoms with Gasteiger partial charge < -0.3 is 15.5 Å². The van der Waals surface area contributed by atoms with Gasteiger partial charge in [-0.1, -0.05) is 0 Å². The number of hydrogen-bond acceptors (Lipinski definition) is 4. The summed E-state index contributed by atoms with van der Waals surface area (Å²) in [5, 5.41) is 20.4. The summed E-state index contributed by atoms with van der Waals surface area (Å²) in [5.41, 5.74) is -0.961. The summed E-state index contributed by atoms with van der Waals surface area (Å²) in [4.78, 5) is 25.9. The molecule has 1 heterocycles. The molecule has 3 N–H and O–H groups in total. The van der Waals surface area contributed by atoms with E-state index >= 15 is 0 Å². The third-order valence-corrected chi connectivity index (χ3v) is 2.48. The maximum absolute atomic E-state index is 11.5. The molecule has 0 aromatic carbocycles. The van der Waals surface area contributed by atoms with Crippen LogP contribution in [0.25, 0.3) is 0 Å². The van der Waals surface area contributed by atoms with Crippen LogP contribution in [-0.4, -0.2) is 39.2 Å². The van der Waals surface area contributed by atoms with E-state index in [1.165, 1.54) is 0 Å². The summed E-state index contributed by atoms with van der Waals surface area (Å²) >= 11 is 0. The lowest BCUT2D eigenvalue weighted by Gasteiger charge is -2.18. The van der Waals surface area contributed by atoms with E-state index in [2.05, 4.69) is 10.3 Å². The highest BCUT2D eigenvalue weighted by atomic mass is 16.4. The number of nitrogens with zero attached hydrogens (tertiary/aromatic N) is 1. The highest BCUT2D eigenvalue weighted by Gasteiger charge is 2.30. The average molecular weight is 252 g/mol. The molecule has 1 amide bonds. The second-order valence-electron chi connectivity index (χ2n) is 4.21. The van der Waals surface area contributed by atoms with Crippen LogP contribution in [0, 0.1) is 0 Å². The van der Waals surface area contributed by atoms with Crippen LogP contribution in [0.15, 0.2) is 24.5 Å². The van der Waals surface area contributed by atoms with E-state index in [0.717, 1.165) is 12.5 Å². The molecule has 0 bridgehead atoms. The van der Waals surface area contributed by atoms with Gasteiger partial charge in [0.2, 0.25) is 5.91 Å². The van der Waals surface area contributed by atoms with Crippen molar-refractivity contribution in [3.63, 3.8) is 0 Å². The Bertz CT molecular complexity index is 417. The fraction of sp³-hybridized carbons (Fsp3) is 0.417. The van der Waals surface area contributed by atoms with Crippen LogP contribution in [0.3, 0.4) is 0 Å². The predicted octanol–water partition coefficient (Wildman–Crippen LogP) is -0.0340. The third kappa shape index (κ3) is 4.50. The van der Waals surface area contributed by atoms with Crippen molar-refractivity contribution in [1.29, 1.82) is 0 Å². The van der Waals surface area contributed by atoms with Gasteiger partial charge in [-0.15, -0.1) is 0 Å². The van der Waals surface area contributed by atoms with E-state index in [4.69, 9.17) is 5.11 Å². The number of hydrogen-bond donors (Lipinski definition) is 3. The largest absolute Gasteiger partial charge is 0.479 e. The molecule has 0 saturated carbocycles. The number of pyridine rings is 1. The molecule has 0 fully saturated rings. The summed E-state index contributed by atoms with van der Waals surface area (Å²) in [7, 11) is 0. The molecular formula is C12H16N2O4. The Labute approximate surface area is 105 Å². The smallest absolute Gasteiger partial charge is 0.337 e. The number of amides is 1. The highest BCUT2D eigenvalue weighted by Crippen LogP contribution is 2.03. The van der Waals surface area contributed by atoms with E-state index < -0.39 is 11.6 Å². The molecule has 1 unspecified atom stereocenters. The van der Waals surface area contributed by atoms with Gasteiger partial charge in [-0.3, -0.25) is 9.78 Å². The third-order valence-electron chi connectivity index (χ3n) is 2.48. The van der Waals surface area contributed by atoms with Crippen LogP contribution in [0.4, 0.5) is 0 Å². The molecule has 0 aliphatic rings. The number of nitrogens with one attached hydrogen (secondary N) is 1. The van der Waals surface area contributed by atoms with Crippen LogP contribution in [0.1, 0.15) is 18.9 Å². The Morgan fingerprint density at radius 2 is 2.00 bits per heavy atom. The zero-order valence-corrected chi connectivity index (χ0v) is 10.1. The van der Waals surface area contributed by atoms with Gasteiger partial charge in [0, 0.05) is 18.8 Å². The van der Waals surface area contributed by atoms with E-state index in [1.807, 2.05) is 0 Å². The number of carboxylic acids is 1. The van der Waals surface area contributed by atoms with Crippen molar-refractivity contribution in [1.82, 2.24) is 10.3 Å². The Kier molecular flexibility index (Phi) is 4.79. The van der Waals surface area contributed by atoms with Crippen LogP contribution in [0.5, 0.6) is 0 Å². The van der Waals surface area contributed by atoms with Gasteiger partial charge in [0.05, 0.1) is 6.54 Å². The van der Waals surface area contributed by atoms with Gasteiger partial charge in [-0.2, -0.15) is 0 Å². The number of aryl methyl sites for hydroxylation is 1. The molecule has 1 aromatic rings. The molecule has 6 nitrogen and oxygen atoms in total. The summed E-state index contributed by atoms with van der Waals surface area (Å²) in [5.74, 6) is -1.66. The Balaban J connectivity index is 2.33. The summed E-state index contributed by atoms with van der Waals surface area (Å²) < 4.78 is 0. The van der Waals surface area contributed by atoms with Crippen molar-refractivity contribution in [3.05, 3.63) is 30.1 Å². The van der Waals surface area contributed by atoms with E-state index in [1.54, 1.807) is 24.5 Å². The number of carboxylic acid groups (broad SMARTS) is 1. The van der Waals surface area contributed by atoms with E-state index in [0.29, 0.717) is 6.42 Å². The van der Waals surface area contributed by atoms with Gasteiger partial charge in [0.1, 0.15) is 0 Å². The minimum atomic E-state index is -1.94. The molecule has 1 rings (SSSR count). The Morgan fingerprint density at radius 1 is 1.39 bits per heavy atom. The van der Waals surface area contributed by atoms with Crippen molar-refractivity contribution in [2.75, 3.05) is 6.54 Å². The van der Waals surface area contributed by atoms with Gasteiger partial charge in [0.15, 0.2) is 5.60 Å². The average Bonchev–Trinajstić information content (AvgIpc) is 2.35. The molecule has 6 heteroatoms. The summed E-state index contributed by atoms with van der Waals surface area (Å²) in [6, 6.07) is 3.61. The molecule has 0 radical (unpaired) electrons. The van der Waals surface area contributed by atoms with Gasteiger partial charge in [-0.05, 0) is 31.0 Å². The zero-order chi connectivity index (χ0) is 13.6. The Morgan fingerprint density at radius 3 is 2.56 bits per heavy atom. The number of aromatic nitrogens is 1. The second kappa shape index (κ2) is 6.11. The van der Waals surface area contributed by atoms with Crippen LogP contribution in [0.2, 0.25) is 0 Å². The maximum atomic E-state index is 11.5. The van der Waals surface area contributed by atoms with Gasteiger partial charge >= 0.3 is 5.97 Å². The minimum Gasteiger partial charge on any atom is -0.479 e. The predicted molar refractivity (Wildman–Crippen MR) is 63.8 cm³/mol. The normalized spacial score (nSPS) is 13.7. The number of aliphatic hydroxyl groups is 1. The van der Waals surface area contributed by atoms with Crippen molar-refractivity contribution < 1.29 is 19.8 Å². The minimum absolute atomic E-state index is 0.236. The summed E-state index contributed by atoms with van der Waals surface area (Å²) in [6.45, 7) is 0.829.